The van der Waals surface area contributed by atoms with Crippen LogP contribution in [0.4, 0.5) is 0 Å². The third kappa shape index (κ3) is 3.19. The van der Waals surface area contributed by atoms with Crippen LogP contribution in [0.2, 0.25) is 0 Å². The van der Waals surface area contributed by atoms with E-state index in [-0.39, 0.29) is 11.8 Å². The number of hydrogen-bond acceptors (Lipinski definition) is 3. The number of nitrogens with one attached hydrogen (secondary N) is 2. The molecule has 20 heavy (non-hydrogen) atoms. The molecule has 1 aromatic rings. The maximum Gasteiger partial charge on any atom is 0.225 e. The Morgan fingerprint density at radius 1 is 1.20 bits per heavy atom. The van der Waals surface area contributed by atoms with Crippen LogP contribution in [0.15, 0.2) is 24.3 Å². The normalized spacial score (nSPS) is 19.8. The van der Waals surface area contributed by atoms with Crippen molar-refractivity contribution in [1.82, 2.24) is 15.5 Å². The van der Waals surface area contributed by atoms with E-state index < -0.39 is 0 Å². The van der Waals surface area contributed by atoms with Crippen LogP contribution < -0.4 is 10.6 Å². The highest BCUT2D eigenvalue weighted by Gasteiger charge is 2.24. The largest absolute Gasteiger partial charge is 0.352 e. The molecular formula is C16H23N3O. The van der Waals surface area contributed by atoms with Crippen LogP contribution in [-0.2, 0) is 17.9 Å². The van der Waals surface area contributed by atoms with Gasteiger partial charge in [-0.25, -0.2) is 0 Å². The van der Waals surface area contributed by atoms with Gasteiger partial charge in [0.2, 0.25) is 5.91 Å². The summed E-state index contributed by atoms with van der Waals surface area (Å²) in [5.74, 6) is 0.348. The molecule has 0 aliphatic carbocycles. The van der Waals surface area contributed by atoms with Crippen LogP contribution in [0.25, 0.3) is 0 Å². The molecule has 0 unspecified atom stereocenters. The summed E-state index contributed by atoms with van der Waals surface area (Å²) in [5, 5.41) is 6.20. The number of benzene rings is 1. The first-order valence-electron chi connectivity index (χ1n) is 7.60. The van der Waals surface area contributed by atoms with Crippen molar-refractivity contribution in [1.29, 1.82) is 0 Å². The lowest BCUT2D eigenvalue weighted by Crippen LogP contribution is -2.50. The molecule has 4 heteroatoms. The van der Waals surface area contributed by atoms with Crippen molar-refractivity contribution in [3.05, 3.63) is 35.4 Å². The maximum atomic E-state index is 11.9. The summed E-state index contributed by atoms with van der Waals surface area (Å²) in [6.07, 6.45) is 2.63. The molecule has 0 spiro atoms. The average Bonchev–Trinajstić information content (AvgIpc) is 2.88. The van der Waals surface area contributed by atoms with Gasteiger partial charge < -0.3 is 10.6 Å². The monoisotopic (exact) mass is 273 g/mol. The van der Waals surface area contributed by atoms with Crippen molar-refractivity contribution in [2.24, 2.45) is 5.92 Å². The minimum atomic E-state index is 0.167. The van der Waals surface area contributed by atoms with E-state index >= 15 is 0 Å². The number of likely N-dealkylation sites (tertiary alicyclic amines) is 1. The molecule has 1 aromatic carbocycles. The minimum absolute atomic E-state index is 0.167. The first-order valence-corrected chi connectivity index (χ1v) is 7.60. The fourth-order valence-corrected chi connectivity index (χ4v) is 2.87. The van der Waals surface area contributed by atoms with Crippen molar-refractivity contribution in [2.45, 2.75) is 25.9 Å². The van der Waals surface area contributed by atoms with Crippen LogP contribution in [0.3, 0.4) is 0 Å². The second-order valence-corrected chi connectivity index (χ2v) is 5.82. The van der Waals surface area contributed by atoms with Crippen LogP contribution >= 0.6 is 0 Å². The Bertz CT molecular complexity index is 465. The zero-order valence-electron chi connectivity index (χ0n) is 11.9. The number of carbonyl (C=O) groups excluding carboxylic acids is 1. The van der Waals surface area contributed by atoms with Gasteiger partial charge in [0.1, 0.15) is 0 Å². The standard InChI is InChI=1S/C16H23N3O/c20-16(15-9-17-10-15)18-11-13-5-1-2-6-14(13)12-19-7-3-4-8-19/h1-2,5-6,15,17H,3-4,7-12H2,(H,18,20). The Kier molecular flexibility index (Phi) is 4.33. The smallest absolute Gasteiger partial charge is 0.225 e. The fourth-order valence-electron chi connectivity index (χ4n) is 2.87. The Hall–Kier alpha value is -1.39. The summed E-state index contributed by atoms with van der Waals surface area (Å²) in [5.41, 5.74) is 2.60. The SMILES string of the molecule is O=C(NCc1ccccc1CN1CCCC1)C1CNC1. The molecule has 0 bridgehead atoms. The van der Waals surface area contributed by atoms with E-state index in [9.17, 15) is 4.79 Å². The fraction of sp³-hybridized carbons (Fsp3) is 0.562. The Morgan fingerprint density at radius 2 is 1.90 bits per heavy atom. The van der Waals surface area contributed by atoms with Crippen molar-refractivity contribution in [2.75, 3.05) is 26.2 Å². The van der Waals surface area contributed by atoms with E-state index in [0.29, 0.717) is 6.54 Å². The molecule has 0 saturated carbocycles. The van der Waals surface area contributed by atoms with Crippen LogP contribution in [-0.4, -0.2) is 37.0 Å². The number of rotatable bonds is 5. The van der Waals surface area contributed by atoms with Gasteiger partial charge in [-0.15, -0.1) is 0 Å². The van der Waals surface area contributed by atoms with E-state index in [1.54, 1.807) is 0 Å². The zero-order chi connectivity index (χ0) is 13.8. The zero-order valence-corrected chi connectivity index (χ0v) is 11.9. The number of nitrogens with zero attached hydrogens (tertiary/aromatic N) is 1. The van der Waals surface area contributed by atoms with Crippen molar-refractivity contribution >= 4 is 5.91 Å². The highest BCUT2D eigenvalue weighted by atomic mass is 16.2. The molecule has 1 amide bonds. The number of amides is 1. The van der Waals surface area contributed by atoms with Gasteiger partial charge in [-0.2, -0.15) is 0 Å². The summed E-state index contributed by atoms with van der Waals surface area (Å²) < 4.78 is 0. The van der Waals surface area contributed by atoms with Crippen LogP contribution in [0.5, 0.6) is 0 Å². The van der Waals surface area contributed by atoms with Crippen molar-refractivity contribution in [3.63, 3.8) is 0 Å². The maximum absolute atomic E-state index is 11.9. The van der Waals surface area contributed by atoms with Gasteiger partial charge >= 0.3 is 0 Å². The van der Waals surface area contributed by atoms with Crippen molar-refractivity contribution in [3.8, 4) is 0 Å². The summed E-state index contributed by atoms with van der Waals surface area (Å²) in [4.78, 5) is 14.4. The topological polar surface area (TPSA) is 44.4 Å². The summed E-state index contributed by atoms with van der Waals surface area (Å²) in [6, 6.07) is 8.46. The van der Waals surface area contributed by atoms with E-state index in [0.717, 1.165) is 19.6 Å². The molecule has 2 heterocycles. The van der Waals surface area contributed by atoms with Crippen LogP contribution in [0.1, 0.15) is 24.0 Å². The minimum Gasteiger partial charge on any atom is -0.352 e. The molecule has 3 rings (SSSR count). The quantitative estimate of drug-likeness (QED) is 0.845. The Labute approximate surface area is 120 Å². The van der Waals surface area contributed by atoms with Crippen LogP contribution in [0, 0.1) is 5.92 Å². The lowest BCUT2D eigenvalue weighted by Gasteiger charge is -2.26. The first-order chi connectivity index (χ1) is 9.83. The van der Waals surface area contributed by atoms with E-state index in [1.165, 1.54) is 37.1 Å². The molecule has 0 aromatic heterocycles. The molecule has 0 atom stereocenters. The molecule has 2 aliphatic heterocycles. The Morgan fingerprint density at radius 3 is 2.55 bits per heavy atom. The van der Waals surface area contributed by atoms with Gasteiger partial charge in [0.05, 0.1) is 5.92 Å². The number of hydrogen-bond donors (Lipinski definition) is 2. The second kappa shape index (κ2) is 6.37. The number of carbonyl (C=O) groups is 1. The van der Waals surface area contributed by atoms with Gasteiger partial charge in [-0.3, -0.25) is 9.69 Å². The molecular weight excluding hydrogens is 250 g/mol. The second-order valence-electron chi connectivity index (χ2n) is 5.82. The Balaban J connectivity index is 1.58. The van der Waals surface area contributed by atoms with Gasteiger partial charge in [0.15, 0.2) is 0 Å². The van der Waals surface area contributed by atoms with Gasteiger partial charge in [-0.1, -0.05) is 24.3 Å². The first kappa shape index (κ1) is 13.6. The predicted molar refractivity (Wildman–Crippen MR) is 79.2 cm³/mol. The average molecular weight is 273 g/mol. The lowest BCUT2D eigenvalue weighted by molar-refractivity contribution is -0.126. The molecule has 2 saturated heterocycles. The third-order valence-corrected chi connectivity index (χ3v) is 4.32. The third-order valence-electron chi connectivity index (χ3n) is 4.32. The van der Waals surface area contributed by atoms with Gasteiger partial charge in [-0.05, 0) is 37.1 Å². The molecule has 4 nitrogen and oxygen atoms in total. The molecule has 2 N–H and O–H groups in total. The van der Waals surface area contributed by atoms with E-state index in [4.69, 9.17) is 0 Å². The summed E-state index contributed by atoms with van der Waals surface area (Å²) in [6.45, 7) is 5.71. The molecule has 0 radical (unpaired) electrons. The van der Waals surface area contributed by atoms with E-state index in [1.807, 2.05) is 0 Å². The van der Waals surface area contributed by atoms with Gasteiger partial charge in [0.25, 0.3) is 0 Å². The lowest BCUT2D eigenvalue weighted by atomic mass is 10.0. The molecule has 2 aliphatic rings. The highest BCUT2D eigenvalue weighted by molar-refractivity contribution is 5.80. The summed E-state index contributed by atoms with van der Waals surface area (Å²) in [7, 11) is 0. The van der Waals surface area contributed by atoms with E-state index in [2.05, 4.69) is 39.8 Å². The van der Waals surface area contributed by atoms with Gasteiger partial charge in [0, 0.05) is 26.2 Å². The summed E-state index contributed by atoms with van der Waals surface area (Å²) >= 11 is 0. The predicted octanol–water partition coefficient (Wildman–Crippen LogP) is 1.12. The van der Waals surface area contributed by atoms with Crippen molar-refractivity contribution < 1.29 is 4.79 Å². The molecule has 2 fully saturated rings. The highest BCUT2D eigenvalue weighted by Crippen LogP contribution is 2.16. The molecule has 108 valence electrons.